The fraction of sp³-hybridized carbons (Fsp3) is 0.338. The zero-order valence-electron chi connectivity index (χ0n) is 52.0. The molecule has 5 aromatic rings. The van der Waals surface area contributed by atoms with Gasteiger partial charge < -0.3 is 49.3 Å². The van der Waals surface area contributed by atoms with Gasteiger partial charge in [0.1, 0.15) is 24.7 Å². The van der Waals surface area contributed by atoms with E-state index < -0.39 is 42.7 Å². The molecule has 2 N–H and O–H groups in total. The molecule has 5 aliphatic heterocycles. The summed E-state index contributed by atoms with van der Waals surface area (Å²) in [7, 11) is 4.96. The van der Waals surface area contributed by atoms with Gasteiger partial charge in [0.25, 0.3) is 17.7 Å². The number of anilines is 5. The number of allylic oxidation sites excluding steroid dienone is 1. The van der Waals surface area contributed by atoms with Crippen LogP contribution < -0.4 is 44.4 Å². The van der Waals surface area contributed by atoms with Crippen LogP contribution in [0.2, 0.25) is 0 Å². The van der Waals surface area contributed by atoms with Crippen LogP contribution in [0.3, 0.4) is 0 Å². The number of para-hydroxylation sites is 2. The maximum atomic E-state index is 14.4. The second-order valence-electron chi connectivity index (χ2n) is 21.5. The van der Waals surface area contributed by atoms with Crippen LogP contribution in [0.15, 0.2) is 115 Å². The van der Waals surface area contributed by atoms with Crippen LogP contribution in [0.4, 0.5) is 28.4 Å². The maximum Gasteiger partial charge on any atom is 0.258 e. The summed E-state index contributed by atoms with van der Waals surface area (Å²) in [6.07, 6.45) is 5.97. The van der Waals surface area contributed by atoms with Crippen LogP contribution >= 0.6 is 0 Å². The number of carbonyl (C=O) groups excluding carboxylic acids is 7. The van der Waals surface area contributed by atoms with Crippen LogP contribution in [-0.2, 0) is 115 Å². The first-order chi connectivity index (χ1) is 40.9. The Labute approximate surface area is 547 Å². The summed E-state index contributed by atoms with van der Waals surface area (Å²) in [6, 6.07) is 24.0. The van der Waals surface area contributed by atoms with E-state index in [1.165, 1.54) is 62.3 Å². The molecule has 0 fully saturated rings. The summed E-state index contributed by atoms with van der Waals surface area (Å²) in [5.74, 6) is -3.12. The largest absolute Gasteiger partial charge is 0.522 e. The molecule has 5 heterocycles. The molecule has 0 spiro atoms. The predicted molar refractivity (Wildman–Crippen MR) is 314 cm³/mol. The number of rotatable bonds is 22. The number of aryl methyl sites for hydroxylation is 1. The molecule has 432 valence electrons. The first kappa shape index (κ1) is 57.9. The molecule has 2 radical (unpaired) electrons. The Morgan fingerprint density at radius 3 is 1.83 bits per heavy atom. The smallest absolute Gasteiger partial charge is 0.258 e. The zero-order chi connectivity index (χ0) is 61.5. The zero-order valence-corrected chi connectivity index (χ0v) is 53.7. The Kier molecular flexibility index (Phi) is 19.1. The van der Waals surface area contributed by atoms with Gasteiger partial charge in [-0.3, -0.25) is 33.6 Å². The van der Waals surface area contributed by atoms with E-state index in [0.29, 0.717) is 66.8 Å². The number of hydrogen-bond acceptors (Lipinski definition) is 12. The van der Waals surface area contributed by atoms with Crippen molar-refractivity contribution in [3.8, 4) is 17.2 Å². The van der Waals surface area contributed by atoms with E-state index in [9.17, 15) is 39.0 Å². The Bertz CT molecular complexity index is 3620. The number of methoxy groups -OCH3 is 1. The van der Waals surface area contributed by atoms with Gasteiger partial charge in [-0.2, -0.15) is 0 Å². The maximum absolute atomic E-state index is 14.4. The van der Waals surface area contributed by atoms with Crippen LogP contribution in [0.5, 0.6) is 17.2 Å². The molecule has 0 bridgehead atoms. The van der Waals surface area contributed by atoms with Crippen LogP contribution in [-0.4, -0.2) is 91.9 Å². The van der Waals surface area contributed by atoms with Gasteiger partial charge in [0, 0.05) is 156 Å². The van der Waals surface area contributed by atoms with E-state index in [-0.39, 0.29) is 166 Å². The summed E-state index contributed by atoms with van der Waals surface area (Å²) in [6.45, 7) is 7.25. The molecule has 5 aromatic carbocycles. The van der Waals surface area contributed by atoms with Crippen molar-refractivity contribution >= 4 is 69.5 Å². The predicted octanol–water partition coefficient (Wildman–Crippen LogP) is 9.38. The first-order valence-electron chi connectivity index (χ1n) is 29.6. The standard InChI is InChI=1S/C65H69N7O10.2Y/c1-39-25-51-55(68(5)35-48-30-45-15-8-11-19-53(45)71(48)64(51)78)33-58(39)81-37-43-27-44(38-82-60-34-56-52(32-59(60)80-7)65(79)72-49(36-69(56)6)31-46-16-9-12-20-54(46)72)29-47(28-43)67-63(77)40(2)26-57(74)42(4)66-61(75)21-13-10-17-50(73)18-14-24-70-41(3)22-23-62(70)76;;/h8-9,11-12,15-16,19-20,22-23,25,27-29,32-36,40,42,48-49H,3,10,13-14,17-18,21,24,26,30-31,37-38H2,1-2,4-7H3,(H,66,75)(H,67,77);;/q-2;;/t40?,42?,48-,49-;;/m0../s1/i37D2,38D2;;. The molecule has 10 rings (SSSR count). The summed E-state index contributed by atoms with van der Waals surface area (Å²) in [4.78, 5) is 102. The normalized spacial score (nSPS) is 18.1. The van der Waals surface area contributed by atoms with Crippen LogP contribution in [0, 0.1) is 25.9 Å². The molecule has 0 aliphatic carbocycles. The topological polar surface area (TPSA) is 187 Å². The van der Waals surface area contributed by atoms with E-state index >= 15 is 0 Å². The average molecular weight is 1290 g/mol. The number of ether oxygens (including phenoxy) is 3. The van der Waals surface area contributed by atoms with E-state index in [1.54, 1.807) is 46.9 Å². The molecule has 5 aliphatic rings. The number of amides is 5. The number of fused-ring (bicyclic) bond motifs is 8. The van der Waals surface area contributed by atoms with E-state index in [4.69, 9.17) is 14.2 Å². The van der Waals surface area contributed by atoms with Gasteiger partial charge in [0.15, 0.2) is 17.3 Å². The van der Waals surface area contributed by atoms with Gasteiger partial charge >= 0.3 is 0 Å². The van der Waals surface area contributed by atoms with Gasteiger partial charge in [0.05, 0.1) is 29.8 Å². The number of carbonyl (C=O) groups is 7. The first-order valence-corrected chi connectivity index (χ1v) is 27.6. The van der Waals surface area contributed by atoms with Gasteiger partial charge in [-0.1, -0.05) is 62.0 Å². The minimum absolute atomic E-state index is 0. The Hall–Kier alpha value is -6.52. The molecule has 5 amide bonds. The third kappa shape index (κ3) is 13.9. The van der Waals surface area contributed by atoms with Crippen LogP contribution in [0.25, 0.3) is 0 Å². The molecule has 2 unspecified atom stereocenters. The van der Waals surface area contributed by atoms with Crippen molar-refractivity contribution in [2.45, 2.75) is 110 Å². The minimum Gasteiger partial charge on any atom is -0.522 e. The quantitative estimate of drug-likeness (QED) is 0.0495. The molecule has 17 nitrogen and oxygen atoms in total. The van der Waals surface area contributed by atoms with Crippen molar-refractivity contribution < 1.29 is 119 Å². The Balaban J connectivity index is 0.00000501. The molecular weight excluding hydrogens is 1220 g/mol. The summed E-state index contributed by atoms with van der Waals surface area (Å²) in [5, 5.41) is 5.44. The average Bonchev–Trinajstić information content (AvgIpc) is 1.90. The van der Waals surface area contributed by atoms with Gasteiger partial charge in [-0.05, 0) is 136 Å². The molecule has 4 atom stereocenters. The van der Waals surface area contributed by atoms with Crippen LogP contribution in [0.1, 0.15) is 113 Å². The summed E-state index contributed by atoms with van der Waals surface area (Å²) >= 11 is 0. The van der Waals surface area contributed by atoms with Crippen molar-refractivity contribution in [3.63, 3.8) is 0 Å². The third-order valence-corrected chi connectivity index (χ3v) is 15.6. The second-order valence-corrected chi connectivity index (χ2v) is 21.5. The number of likely N-dealkylation sites (N-methyl/N-ethyl adjacent to an activating group) is 2. The molecule has 84 heavy (non-hydrogen) atoms. The molecule has 19 heteroatoms. The van der Waals surface area contributed by atoms with Crippen molar-refractivity contribution in [1.29, 1.82) is 0 Å². The molecular formula is C65H69N7O10Y2-2. The van der Waals surface area contributed by atoms with E-state index in [1.807, 2.05) is 73.6 Å². The number of ketones is 2. The monoisotopic (exact) mass is 1290 g/mol. The fourth-order valence-electron chi connectivity index (χ4n) is 11.2. The number of Topliss-reactive ketones (excluding diaryl/α,β-unsaturated/α-hetero) is 2. The van der Waals surface area contributed by atoms with Crippen molar-refractivity contribution in [1.82, 2.24) is 10.2 Å². The molecule has 0 saturated carbocycles. The fourth-order valence-corrected chi connectivity index (χ4v) is 11.2. The van der Waals surface area contributed by atoms with E-state index in [0.717, 1.165) is 22.5 Å². The Morgan fingerprint density at radius 2 is 1.25 bits per heavy atom. The number of nitrogens with one attached hydrogen (secondary N) is 2. The number of unbranched alkanes of at least 4 members (excludes halogenated alkanes) is 1. The summed E-state index contributed by atoms with van der Waals surface area (Å²) < 4.78 is 56.2. The number of hydrogen-bond donors (Lipinski definition) is 2. The minimum atomic E-state index is -2.80. The summed E-state index contributed by atoms with van der Waals surface area (Å²) in [5.41, 5.74) is 5.69. The van der Waals surface area contributed by atoms with E-state index in [2.05, 4.69) is 17.2 Å². The number of nitrogens with zero attached hydrogens (tertiary/aromatic N) is 5. The SMILES string of the molecule is [2H]C([2H])(Oc1cc2c(cc1C)C(=O)N1c3ccccc3C[C@H]1[CH-]N2C)c1cc(NC(=O)C(C)CC(=O)C(C)NC(=O)CCCCC(=O)CCCN2C(=C)C=CC2=O)cc(C([2H])([2H])Oc2cc3c(cc2OC)C(=O)N2c4ccccc4C[C@H]2[CH-]N3C)c1.[Y].[Y]. The van der Waals surface area contributed by atoms with Gasteiger partial charge in [-0.15, -0.1) is 0 Å². The van der Waals surface area contributed by atoms with Crippen molar-refractivity contribution in [2.75, 3.05) is 52.7 Å². The van der Waals surface area contributed by atoms with Gasteiger partial charge in [0.2, 0.25) is 11.8 Å². The van der Waals surface area contributed by atoms with Crippen molar-refractivity contribution in [3.05, 3.63) is 167 Å². The third-order valence-electron chi connectivity index (χ3n) is 15.6. The van der Waals surface area contributed by atoms with Gasteiger partial charge in [-0.25, -0.2) is 13.1 Å². The Morgan fingerprint density at radius 1 is 0.702 bits per heavy atom. The molecule has 0 saturated heterocycles. The number of benzene rings is 5. The molecule has 0 aromatic heterocycles. The van der Waals surface area contributed by atoms with Crippen molar-refractivity contribution in [2.24, 2.45) is 5.92 Å². The second kappa shape index (κ2) is 27.7.